The van der Waals surface area contributed by atoms with Crippen molar-refractivity contribution in [3.05, 3.63) is 212 Å². The predicted octanol–water partition coefficient (Wildman–Crippen LogP) is 14.2. The Morgan fingerprint density at radius 1 is 0.250 bits per heavy atom. The van der Waals surface area contributed by atoms with E-state index < -0.39 is 0 Å². The lowest BCUT2D eigenvalue weighted by Crippen LogP contribution is -2.00. The van der Waals surface area contributed by atoms with Crippen molar-refractivity contribution in [1.29, 1.82) is 5.26 Å². The molecule has 0 bridgehead atoms. The Morgan fingerprint density at radius 3 is 1.07 bits per heavy atom. The van der Waals surface area contributed by atoms with Crippen LogP contribution < -0.4 is 0 Å². The number of nitrogens with zero attached hydrogens (tertiary/aromatic N) is 4. The zero-order valence-corrected chi connectivity index (χ0v) is 32.4. The summed E-state index contributed by atoms with van der Waals surface area (Å²) in [5.41, 5.74) is 17.5. The summed E-state index contributed by atoms with van der Waals surface area (Å²) in [6.07, 6.45) is 0. The molecule has 0 amide bonds. The monoisotopic (exact) mass is 762 g/mol. The van der Waals surface area contributed by atoms with Crippen LogP contribution in [-0.2, 0) is 0 Å². The molecule has 0 saturated heterocycles. The van der Waals surface area contributed by atoms with Crippen LogP contribution in [-0.4, -0.2) is 15.0 Å². The Labute approximate surface area is 348 Å². The van der Waals surface area contributed by atoms with E-state index in [1.807, 2.05) is 60.7 Å². The molecule has 1 aliphatic rings. The van der Waals surface area contributed by atoms with Gasteiger partial charge in [-0.2, -0.15) is 5.26 Å². The van der Waals surface area contributed by atoms with E-state index in [0.29, 0.717) is 23.0 Å². The molecule has 11 rings (SSSR count). The Bertz CT molecular complexity index is 3250. The third kappa shape index (κ3) is 6.05. The van der Waals surface area contributed by atoms with Gasteiger partial charge in [-0.25, -0.2) is 15.0 Å². The van der Waals surface area contributed by atoms with Gasteiger partial charge >= 0.3 is 0 Å². The molecule has 0 radical (unpaired) electrons. The summed E-state index contributed by atoms with van der Waals surface area (Å²) in [5, 5.41) is 12.0. The molecule has 4 nitrogen and oxygen atoms in total. The largest absolute Gasteiger partial charge is 0.208 e. The molecule has 0 aliphatic heterocycles. The molecule has 10 aromatic rings. The summed E-state index contributed by atoms with van der Waals surface area (Å²) in [7, 11) is 0. The average Bonchev–Trinajstić information content (AvgIpc) is 3.66. The van der Waals surface area contributed by atoms with Crippen molar-refractivity contribution < 1.29 is 0 Å². The van der Waals surface area contributed by atoms with Crippen LogP contribution in [0, 0.1) is 11.3 Å². The van der Waals surface area contributed by atoms with Crippen LogP contribution in [0.5, 0.6) is 0 Å². The van der Waals surface area contributed by atoms with Crippen molar-refractivity contribution in [2.24, 2.45) is 0 Å². The molecule has 0 atom stereocenters. The van der Waals surface area contributed by atoms with E-state index in [0.717, 1.165) is 61.2 Å². The standard InChI is InChI=1S/C56H34N4/c57-35-36-19-21-39(22-20-36)44-15-7-8-16-46(44)49-33-34-51-48-18-10-9-17-47(48)50-32-31-45(52(49)53(50)51)40-25-29-43(30-26-40)56-59-54(41-13-5-2-6-14-41)58-55(60-56)42-27-23-38(24-28-42)37-11-3-1-4-12-37/h1-34H. The maximum absolute atomic E-state index is 9.50. The van der Waals surface area contributed by atoms with Gasteiger partial charge in [-0.3, -0.25) is 0 Å². The normalized spacial score (nSPS) is 11.3. The van der Waals surface area contributed by atoms with Crippen molar-refractivity contribution in [2.45, 2.75) is 0 Å². The lowest BCUT2D eigenvalue weighted by molar-refractivity contribution is 1.07. The number of fused-ring (bicyclic) bond motifs is 3. The summed E-state index contributed by atoms with van der Waals surface area (Å²) in [6, 6.07) is 74.1. The van der Waals surface area contributed by atoms with E-state index in [9.17, 15) is 5.26 Å². The highest BCUT2D eigenvalue weighted by molar-refractivity contribution is 6.23. The van der Waals surface area contributed by atoms with Gasteiger partial charge in [0.15, 0.2) is 17.5 Å². The van der Waals surface area contributed by atoms with E-state index in [4.69, 9.17) is 15.0 Å². The second-order valence-electron chi connectivity index (χ2n) is 15.0. The summed E-state index contributed by atoms with van der Waals surface area (Å²) in [6.45, 7) is 0. The maximum atomic E-state index is 9.50. The number of benzene rings is 9. The van der Waals surface area contributed by atoms with Crippen LogP contribution >= 0.6 is 0 Å². The summed E-state index contributed by atoms with van der Waals surface area (Å²) in [4.78, 5) is 15.1. The van der Waals surface area contributed by atoms with E-state index in [1.165, 1.54) is 33.0 Å². The molecule has 278 valence electrons. The first-order valence-corrected chi connectivity index (χ1v) is 20.1. The number of nitriles is 1. The van der Waals surface area contributed by atoms with Gasteiger partial charge in [0.1, 0.15) is 0 Å². The Kier molecular flexibility index (Phi) is 8.50. The topological polar surface area (TPSA) is 62.5 Å². The minimum atomic E-state index is 0.616. The van der Waals surface area contributed by atoms with Crippen molar-refractivity contribution in [2.75, 3.05) is 0 Å². The van der Waals surface area contributed by atoms with Crippen LogP contribution in [0.25, 0.3) is 112 Å². The van der Waals surface area contributed by atoms with Crippen LogP contribution in [0.15, 0.2) is 206 Å². The van der Waals surface area contributed by atoms with Gasteiger partial charge in [-0.15, -0.1) is 0 Å². The molecular weight excluding hydrogens is 729 g/mol. The average molecular weight is 763 g/mol. The zero-order chi connectivity index (χ0) is 40.0. The highest BCUT2D eigenvalue weighted by Crippen LogP contribution is 2.52. The van der Waals surface area contributed by atoms with Crippen LogP contribution in [0.1, 0.15) is 5.56 Å². The zero-order valence-electron chi connectivity index (χ0n) is 32.4. The molecule has 60 heavy (non-hydrogen) atoms. The predicted molar refractivity (Wildman–Crippen MR) is 245 cm³/mol. The second-order valence-corrected chi connectivity index (χ2v) is 15.0. The van der Waals surface area contributed by atoms with Crippen LogP contribution in [0.4, 0.5) is 0 Å². The van der Waals surface area contributed by atoms with Gasteiger partial charge in [0.2, 0.25) is 0 Å². The number of rotatable bonds is 7. The Hall–Kier alpha value is -8.26. The molecule has 0 N–H and O–H groups in total. The Balaban J connectivity index is 1.05. The molecule has 1 aliphatic carbocycles. The molecule has 1 heterocycles. The van der Waals surface area contributed by atoms with Crippen LogP contribution in [0.3, 0.4) is 0 Å². The third-order valence-corrected chi connectivity index (χ3v) is 11.6. The number of hydrogen-bond donors (Lipinski definition) is 0. The van der Waals surface area contributed by atoms with Gasteiger partial charge in [-0.1, -0.05) is 194 Å². The summed E-state index contributed by atoms with van der Waals surface area (Å²) in [5.74, 6) is 1.87. The molecule has 0 saturated carbocycles. The van der Waals surface area contributed by atoms with Gasteiger partial charge < -0.3 is 0 Å². The Morgan fingerprint density at radius 2 is 0.567 bits per heavy atom. The number of hydrogen-bond acceptors (Lipinski definition) is 4. The van der Waals surface area contributed by atoms with E-state index in [1.54, 1.807) is 0 Å². The van der Waals surface area contributed by atoms with E-state index in [2.05, 4.69) is 152 Å². The SMILES string of the molecule is N#Cc1ccc(-c2ccccc2-c2ccc3c4c(ccc(-c5ccc(-c6nc(-c7ccccc7)nc(-c7ccc(-c8ccccc8)cc7)n6)cc5)c24)-c2ccccc2-3)cc1. The van der Waals surface area contributed by atoms with Gasteiger partial charge in [0.05, 0.1) is 11.6 Å². The van der Waals surface area contributed by atoms with Crippen LogP contribution in [0.2, 0.25) is 0 Å². The van der Waals surface area contributed by atoms with Gasteiger partial charge in [0, 0.05) is 16.7 Å². The van der Waals surface area contributed by atoms with Crippen molar-refractivity contribution in [1.82, 2.24) is 15.0 Å². The molecule has 4 heteroatoms. The van der Waals surface area contributed by atoms with Gasteiger partial charge in [-0.05, 0) is 89.7 Å². The first-order valence-electron chi connectivity index (χ1n) is 20.1. The first kappa shape index (κ1) is 34.9. The molecular formula is C56H34N4. The van der Waals surface area contributed by atoms with Crippen molar-refractivity contribution in [3.8, 4) is 107 Å². The highest BCUT2D eigenvalue weighted by Gasteiger charge is 2.25. The van der Waals surface area contributed by atoms with E-state index >= 15 is 0 Å². The molecule has 9 aromatic carbocycles. The van der Waals surface area contributed by atoms with Crippen molar-refractivity contribution in [3.63, 3.8) is 0 Å². The molecule has 0 fully saturated rings. The van der Waals surface area contributed by atoms with Crippen molar-refractivity contribution >= 4 is 10.8 Å². The lowest BCUT2D eigenvalue weighted by Gasteiger charge is -2.17. The quantitative estimate of drug-likeness (QED) is 0.162. The third-order valence-electron chi connectivity index (χ3n) is 11.6. The minimum Gasteiger partial charge on any atom is -0.208 e. The lowest BCUT2D eigenvalue weighted by atomic mass is 9.86. The number of aromatic nitrogens is 3. The summed E-state index contributed by atoms with van der Waals surface area (Å²) < 4.78 is 0. The smallest absolute Gasteiger partial charge is 0.164 e. The van der Waals surface area contributed by atoms with E-state index in [-0.39, 0.29) is 0 Å². The fourth-order valence-corrected chi connectivity index (χ4v) is 8.65. The molecule has 0 unspecified atom stereocenters. The maximum Gasteiger partial charge on any atom is 0.164 e. The molecule has 1 aromatic heterocycles. The fraction of sp³-hybridized carbons (Fsp3) is 0. The highest BCUT2D eigenvalue weighted by atomic mass is 15.0. The first-order chi connectivity index (χ1) is 29.7. The van der Waals surface area contributed by atoms with Gasteiger partial charge in [0.25, 0.3) is 0 Å². The molecule has 0 spiro atoms. The second kappa shape index (κ2) is 14.6. The minimum absolute atomic E-state index is 0.616. The fourth-order valence-electron chi connectivity index (χ4n) is 8.65. The summed E-state index contributed by atoms with van der Waals surface area (Å²) >= 11 is 0.